The number of alkyl halides is 3. The van der Waals surface area contributed by atoms with E-state index in [9.17, 15) is 21.6 Å². The second-order valence-electron chi connectivity index (χ2n) is 5.72. The van der Waals surface area contributed by atoms with Crippen molar-refractivity contribution in [3.8, 4) is 0 Å². The van der Waals surface area contributed by atoms with Crippen molar-refractivity contribution >= 4 is 40.0 Å². The molecule has 0 amide bonds. The maximum atomic E-state index is 12.6. The molecule has 2 N–H and O–H groups in total. The average molecular weight is 536 g/mol. The minimum Gasteiger partial charge on any atom is -0.357 e. The van der Waals surface area contributed by atoms with Crippen molar-refractivity contribution in [1.82, 2.24) is 14.9 Å². The van der Waals surface area contributed by atoms with E-state index in [1.54, 1.807) is 13.8 Å². The molecule has 6 nitrogen and oxygen atoms in total. The standard InChI is InChI=1S/C17H27F3N4O2S.HI/c1-4-21-16(22-11-12-27(25,26)24(5-2)6-3)23-13-14-7-9-15(10-8-14)17(18,19)20;/h7-10H,4-6,11-13H2,1-3H3,(H2,21,22,23);1H. The van der Waals surface area contributed by atoms with Crippen molar-refractivity contribution in [3.63, 3.8) is 0 Å². The van der Waals surface area contributed by atoms with Crippen molar-refractivity contribution < 1.29 is 21.6 Å². The minimum absolute atomic E-state index is 0. The summed E-state index contributed by atoms with van der Waals surface area (Å²) in [5, 5.41) is 5.92. The molecule has 0 unspecified atom stereocenters. The summed E-state index contributed by atoms with van der Waals surface area (Å²) in [6.07, 6.45) is -4.37. The van der Waals surface area contributed by atoms with E-state index in [0.717, 1.165) is 12.1 Å². The van der Waals surface area contributed by atoms with Gasteiger partial charge in [-0.2, -0.15) is 13.2 Å². The molecule has 0 heterocycles. The number of benzene rings is 1. The van der Waals surface area contributed by atoms with Crippen LogP contribution >= 0.6 is 24.0 Å². The van der Waals surface area contributed by atoms with Gasteiger partial charge in [0.15, 0.2) is 5.96 Å². The lowest BCUT2D eigenvalue weighted by molar-refractivity contribution is -0.137. The molecule has 0 bridgehead atoms. The minimum atomic E-state index is -4.37. The van der Waals surface area contributed by atoms with Crippen LogP contribution in [0.15, 0.2) is 29.3 Å². The van der Waals surface area contributed by atoms with E-state index in [2.05, 4.69) is 15.6 Å². The number of hydrogen-bond donors (Lipinski definition) is 2. The molecule has 28 heavy (non-hydrogen) atoms. The highest BCUT2D eigenvalue weighted by atomic mass is 127. The van der Waals surface area contributed by atoms with Crippen LogP contribution in [-0.2, 0) is 22.7 Å². The molecule has 0 saturated heterocycles. The summed E-state index contributed by atoms with van der Waals surface area (Å²) in [4.78, 5) is 4.29. The normalized spacial score (nSPS) is 12.6. The first-order valence-corrected chi connectivity index (χ1v) is 10.4. The lowest BCUT2D eigenvalue weighted by atomic mass is 10.1. The van der Waals surface area contributed by atoms with Gasteiger partial charge in [0, 0.05) is 26.2 Å². The van der Waals surface area contributed by atoms with Crippen LogP contribution < -0.4 is 10.6 Å². The molecule has 1 rings (SSSR count). The van der Waals surface area contributed by atoms with Gasteiger partial charge in [-0.25, -0.2) is 17.7 Å². The summed E-state index contributed by atoms with van der Waals surface area (Å²) < 4.78 is 63.4. The van der Waals surface area contributed by atoms with E-state index in [1.165, 1.54) is 16.4 Å². The molecule has 1 aromatic rings. The van der Waals surface area contributed by atoms with E-state index in [0.29, 0.717) is 31.2 Å². The molecule has 11 heteroatoms. The van der Waals surface area contributed by atoms with Gasteiger partial charge in [0.2, 0.25) is 10.0 Å². The van der Waals surface area contributed by atoms with Crippen LogP contribution in [0.4, 0.5) is 13.2 Å². The smallest absolute Gasteiger partial charge is 0.357 e. The van der Waals surface area contributed by atoms with Crippen LogP contribution in [0.1, 0.15) is 31.9 Å². The van der Waals surface area contributed by atoms with E-state index in [-0.39, 0.29) is 42.8 Å². The SMILES string of the molecule is CCNC(=NCc1ccc(C(F)(F)F)cc1)NCCS(=O)(=O)N(CC)CC.I. The Bertz CT molecular complexity index is 706. The van der Waals surface area contributed by atoms with Gasteiger partial charge in [-0.3, -0.25) is 0 Å². The first-order chi connectivity index (χ1) is 12.6. The van der Waals surface area contributed by atoms with Crippen molar-refractivity contribution in [2.24, 2.45) is 4.99 Å². The number of hydrogen-bond acceptors (Lipinski definition) is 3. The molecule has 1 aromatic carbocycles. The van der Waals surface area contributed by atoms with Gasteiger partial charge < -0.3 is 10.6 Å². The molecule has 162 valence electrons. The Hall–Kier alpha value is -1.08. The van der Waals surface area contributed by atoms with Gasteiger partial charge in [0.05, 0.1) is 17.9 Å². The maximum Gasteiger partial charge on any atom is 0.416 e. The van der Waals surface area contributed by atoms with Crippen LogP contribution in [-0.4, -0.2) is 50.6 Å². The Morgan fingerprint density at radius 2 is 1.64 bits per heavy atom. The van der Waals surface area contributed by atoms with Gasteiger partial charge >= 0.3 is 6.18 Å². The van der Waals surface area contributed by atoms with Gasteiger partial charge in [0.1, 0.15) is 0 Å². The zero-order valence-corrected chi connectivity index (χ0v) is 19.4. The van der Waals surface area contributed by atoms with Gasteiger partial charge in [-0.1, -0.05) is 26.0 Å². The third-order valence-electron chi connectivity index (χ3n) is 3.80. The first-order valence-electron chi connectivity index (χ1n) is 8.80. The summed E-state index contributed by atoms with van der Waals surface area (Å²) in [7, 11) is -3.34. The summed E-state index contributed by atoms with van der Waals surface area (Å²) in [5.74, 6) is 0.339. The Morgan fingerprint density at radius 1 is 1.07 bits per heavy atom. The zero-order valence-electron chi connectivity index (χ0n) is 16.2. The van der Waals surface area contributed by atoms with Gasteiger partial charge in [-0.05, 0) is 24.6 Å². The summed E-state index contributed by atoms with van der Waals surface area (Å²) in [6, 6.07) is 4.78. The molecular formula is C17H28F3IN4O2S. The van der Waals surface area contributed by atoms with Gasteiger partial charge in [0.25, 0.3) is 0 Å². The van der Waals surface area contributed by atoms with Crippen LogP contribution in [0.5, 0.6) is 0 Å². The quantitative estimate of drug-likeness (QED) is 0.289. The topological polar surface area (TPSA) is 73.8 Å². The van der Waals surface area contributed by atoms with Crippen molar-refractivity contribution in [2.75, 3.05) is 31.9 Å². The first kappa shape index (κ1) is 26.9. The Balaban J connectivity index is 0.00000729. The summed E-state index contributed by atoms with van der Waals surface area (Å²) in [6.45, 7) is 7.19. The highest BCUT2D eigenvalue weighted by molar-refractivity contribution is 14.0. The molecule has 0 aliphatic rings. The maximum absolute atomic E-state index is 12.6. The molecule has 0 aliphatic carbocycles. The summed E-state index contributed by atoms with van der Waals surface area (Å²) >= 11 is 0. The summed E-state index contributed by atoms with van der Waals surface area (Å²) in [5.41, 5.74) is -0.0853. The number of rotatable bonds is 9. The predicted octanol–water partition coefficient (Wildman–Crippen LogP) is 3.05. The van der Waals surface area contributed by atoms with Crippen molar-refractivity contribution in [3.05, 3.63) is 35.4 Å². The molecule has 0 atom stereocenters. The van der Waals surface area contributed by atoms with Gasteiger partial charge in [-0.15, -0.1) is 24.0 Å². The lowest BCUT2D eigenvalue weighted by Crippen LogP contribution is -2.42. The number of sulfonamides is 1. The fourth-order valence-corrected chi connectivity index (χ4v) is 3.76. The van der Waals surface area contributed by atoms with Crippen LogP contribution in [0, 0.1) is 0 Å². The number of guanidine groups is 1. The monoisotopic (exact) mass is 536 g/mol. The van der Waals surface area contributed by atoms with E-state index in [1.807, 2.05) is 6.92 Å². The molecule has 0 fully saturated rings. The molecule has 0 spiro atoms. The number of aliphatic imine (C=N–C) groups is 1. The second kappa shape index (κ2) is 12.5. The Labute approximate surface area is 182 Å². The number of halogens is 4. The van der Waals surface area contributed by atoms with Crippen molar-refractivity contribution in [1.29, 1.82) is 0 Å². The predicted molar refractivity (Wildman–Crippen MR) is 116 cm³/mol. The lowest BCUT2D eigenvalue weighted by Gasteiger charge is -2.19. The zero-order chi connectivity index (χ0) is 20.5. The molecule has 0 saturated carbocycles. The average Bonchev–Trinajstić information content (AvgIpc) is 2.60. The van der Waals surface area contributed by atoms with Crippen LogP contribution in [0.2, 0.25) is 0 Å². The number of nitrogens with one attached hydrogen (secondary N) is 2. The Kier molecular flexibility index (Phi) is 12.0. The fraction of sp³-hybridized carbons (Fsp3) is 0.588. The molecular weight excluding hydrogens is 508 g/mol. The molecule has 0 aromatic heterocycles. The van der Waals surface area contributed by atoms with E-state index < -0.39 is 21.8 Å². The molecule has 0 aliphatic heterocycles. The second-order valence-corrected chi connectivity index (χ2v) is 7.81. The third-order valence-corrected chi connectivity index (χ3v) is 5.82. The van der Waals surface area contributed by atoms with E-state index in [4.69, 9.17) is 0 Å². The third kappa shape index (κ3) is 8.95. The highest BCUT2D eigenvalue weighted by Crippen LogP contribution is 2.29. The van der Waals surface area contributed by atoms with E-state index >= 15 is 0 Å². The van der Waals surface area contributed by atoms with Crippen LogP contribution in [0.3, 0.4) is 0 Å². The number of nitrogens with zero attached hydrogens (tertiary/aromatic N) is 2. The van der Waals surface area contributed by atoms with Crippen LogP contribution in [0.25, 0.3) is 0 Å². The largest absolute Gasteiger partial charge is 0.416 e. The Morgan fingerprint density at radius 3 is 2.11 bits per heavy atom. The van der Waals surface area contributed by atoms with Crippen molar-refractivity contribution in [2.45, 2.75) is 33.5 Å². The fourth-order valence-electron chi connectivity index (χ4n) is 2.36. The molecule has 0 radical (unpaired) electrons. The highest BCUT2D eigenvalue weighted by Gasteiger charge is 2.29.